The van der Waals surface area contributed by atoms with E-state index in [2.05, 4.69) is 46.5 Å². The predicted octanol–water partition coefficient (Wildman–Crippen LogP) is 4.19. The van der Waals surface area contributed by atoms with Gasteiger partial charge >= 0.3 is 0 Å². The molecule has 2 heterocycles. The van der Waals surface area contributed by atoms with Crippen LogP contribution in [0.15, 0.2) is 30.3 Å². The summed E-state index contributed by atoms with van der Waals surface area (Å²) in [5, 5.41) is 8.02. The zero-order valence-corrected chi connectivity index (χ0v) is 18.1. The van der Waals surface area contributed by atoms with Crippen molar-refractivity contribution in [3.05, 3.63) is 52.2 Å². The number of carbonyl (C=O) groups is 1. The maximum Gasteiger partial charge on any atom is 0.250 e. The standard InChI is InChI=1S/C21H27N5OS/c1-13-7-9-17(10-8-13)19-18(12-25(5)6)28-21(22-19)23-20(27)16(4)26-15(3)11-14(2)24-26/h7-11,16H,12H2,1-6H3,(H,22,23,27). The highest BCUT2D eigenvalue weighted by Gasteiger charge is 2.21. The van der Waals surface area contributed by atoms with E-state index in [4.69, 9.17) is 4.98 Å². The number of amides is 1. The number of thiazole rings is 1. The van der Waals surface area contributed by atoms with Gasteiger partial charge in [-0.25, -0.2) is 4.98 Å². The Morgan fingerprint density at radius 1 is 1.21 bits per heavy atom. The SMILES string of the molecule is Cc1ccc(-c2nc(NC(=O)C(C)n3nc(C)cc3C)sc2CN(C)C)cc1. The summed E-state index contributed by atoms with van der Waals surface area (Å²) in [4.78, 5) is 20.8. The van der Waals surface area contributed by atoms with E-state index in [9.17, 15) is 4.79 Å². The van der Waals surface area contributed by atoms with E-state index < -0.39 is 6.04 Å². The van der Waals surface area contributed by atoms with E-state index in [-0.39, 0.29) is 5.91 Å². The highest BCUT2D eigenvalue weighted by Crippen LogP contribution is 2.32. The molecule has 1 N–H and O–H groups in total. The molecule has 0 fully saturated rings. The van der Waals surface area contributed by atoms with Gasteiger partial charge in [0.25, 0.3) is 5.91 Å². The van der Waals surface area contributed by atoms with Crippen LogP contribution in [0.3, 0.4) is 0 Å². The Balaban J connectivity index is 1.86. The van der Waals surface area contributed by atoms with Crippen LogP contribution in [0.5, 0.6) is 0 Å². The molecule has 0 spiro atoms. The number of anilines is 1. The fourth-order valence-electron chi connectivity index (χ4n) is 3.10. The molecule has 148 valence electrons. The van der Waals surface area contributed by atoms with Gasteiger partial charge in [-0.3, -0.25) is 9.48 Å². The molecule has 6 nitrogen and oxygen atoms in total. The number of aryl methyl sites for hydroxylation is 3. The van der Waals surface area contributed by atoms with Crippen molar-refractivity contribution in [2.75, 3.05) is 19.4 Å². The lowest BCUT2D eigenvalue weighted by Crippen LogP contribution is -2.25. The van der Waals surface area contributed by atoms with Crippen molar-refractivity contribution >= 4 is 22.4 Å². The molecule has 0 aliphatic rings. The van der Waals surface area contributed by atoms with Crippen LogP contribution >= 0.6 is 11.3 Å². The summed E-state index contributed by atoms with van der Waals surface area (Å²) in [5.74, 6) is -0.119. The molecule has 0 saturated carbocycles. The van der Waals surface area contributed by atoms with Gasteiger partial charge in [-0.05, 0) is 47.9 Å². The molecule has 1 amide bonds. The molecule has 3 aromatic rings. The molecule has 0 bridgehead atoms. The Hall–Kier alpha value is -2.51. The fourth-order valence-corrected chi connectivity index (χ4v) is 4.20. The van der Waals surface area contributed by atoms with E-state index in [0.29, 0.717) is 5.13 Å². The molecule has 2 aromatic heterocycles. The molecule has 0 aliphatic heterocycles. The summed E-state index contributed by atoms with van der Waals surface area (Å²) in [7, 11) is 4.06. The Bertz CT molecular complexity index is 971. The Morgan fingerprint density at radius 2 is 1.89 bits per heavy atom. The fraction of sp³-hybridized carbons (Fsp3) is 0.381. The van der Waals surface area contributed by atoms with E-state index in [0.717, 1.165) is 34.1 Å². The van der Waals surface area contributed by atoms with Crippen molar-refractivity contribution in [1.82, 2.24) is 19.7 Å². The number of carbonyl (C=O) groups excluding carboxylic acids is 1. The maximum absolute atomic E-state index is 12.8. The van der Waals surface area contributed by atoms with Crippen molar-refractivity contribution < 1.29 is 4.79 Å². The summed E-state index contributed by atoms with van der Waals surface area (Å²) in [6.45, 7) is 8.57. The third kappa shape index (κ3) is 4.48. The molecule has 1 atom stereocenters. The number of hydrogen-bond acceptors (Lipinski definition) is 5. The van der Waals surface area contributed by atoms with Gasteiger partial charge in [0.05, 0.1) is 11.4 Å². The van der Waals surface area contributed by atoms with Gasteiger partial charge in [-0.15, -0.1) is 0 Å². The van der Waals surface area contributed by atoms with E-state index >= 15 is 0 Å². The van der Waals surface area contributed by atoms with Crippen LogP contribution in [0.2, 0.25) is 0 Å². The summed E-state index contributed by atoms with van der Waals surface area (Å²) in [6.07, 6.45) is 0. The largest absolute Gasteiger partial charge is 0.304 e. The van der Waals surface area contributed by atoms with Crippen LogP contribution in [-0.4, -0.2) is 39.7 Å². The van der Waals surface area contributed by atoms with Crippen LogP contribution in [-0.2, 0) is 11.3 Å². The van der Waals surface area contributed by atoms with Gasteiger partial charge in [-0.2, -0.15) is 5.10 Å². The molecule has 1 unspecified atom stereocenters. The number of rotatable bonds is 6. The first-order chi connectivity index (χ1) is 13.2. The molecule has 3 rings (SSSR count). The maximum atomic E-state index is 12.8. The minimum absolute atomic E-state index is 0.119. The lowest BCUT2D eigenvalue weighted by molar-refractivity contribution is -0.119. The average Bonchev–Trinajstić information content (AvgIpc) is 3.16. The topological polar surface area (TPSA) is 63.1 Å². The zero-order chi connectivity index (χ0) is 20.4. The lowest BCUT2D eigenvalue weighted by Gasteiger charge is -2.13. The Morgan fingerprint density at radius 3 is 2.46 bits per heavy atom. The van der Waals surface area contributed by atoms with E-state index in [1.54, 1.807) is 4.68 Å². The first kappa shape index (κ1) is 20.2. The number of nitrogens with one attached hydrogen (secondary N) is 1. The average molecular weight is 398 g/mol. The van der Waals surface area contributed by atoms with E-state index in [1.165, 1.54) is 16.9 Å². The number of hydrogen-bond donors (Lipinski definition) is 1. The van der Waals surface area contributed by atoms with Gasteiger partial charge in [0.1, 0.15) is 6.04 Å². The molecular weight excluding hydrogens is 370 g/mol. The highest BCUT2D eigenvalue weighted by molar-refractivity contribution is 7.16. The quantitative estimate of drug-likeness (QED) is 0.677. The second kappa shape index (κ2) is 8.24. The molecule has 1 aromatic carbocycles. The number of aromatic nitrogens is 3. The predicted molar refractivity (Wildman–Crippen MR) is 115 cm³/mol. The normalized spacial score (nSPS) is 12.4. The van der Waals surface area contributed by atoms with Crippen LogP contribution in [0.25, 0.3) is 11.3 Å². The molecule has 0 radical (unpaired) electrons. The summed E-state index contributed by atoms with van der Waals surface area (Å²) < 4.78 is 1.75. The summed E-state index contributed by atoms with van der Waals surface area (Å²) in [5.41, 5.74) is 5.06. The monoisotopic (exact) mass is 397 g/mol. The Kier molecular flexibility index (Phi) is 5.96. The molecule has 0 aliphatic carbocycles. The number of benzene rings is 1. The first-order valence-corrected chi connectivity index (χ1v) is 10.1. The molecule has 0 saturated heterocycles. The van der Waals surface area contributed by atoms with Crippen LogP contribution in [0, 0.1) is 20.8 Å². The highest BCUT2D eigenvalue weighted by atomic mass is 32.1. The van der Waals surface area contributed by atoms with Gasteiger partial charge in [0, 0.05) is 22.7 Å². The second-order valence-electron chi connectivity index (χ2n) is 7.43. The molecule has 28 heavy (non-hydrogen) atoms. The van der Waals surface area contributed by atoms with Gasteiger partial charge in [-0.1, -0.05) is 41.2 Å². The van der Waals surface area contributed by atoms with Crippen molar-refractivity contribution in [3.8, 4) is 11.3 Å². The lowest BCUT2D eigenvalue weighted by atomic mass is 10.1. The zero-order valence-electron chi connectivity index (χ0n) is 17.3. The minimum Gasteiger partial charge on any atom is -0.304 e. The van der Waals surface area contributed by atoms with Crippen molar-refractivity contribution in [1.29, 1.82) is 0 Å². The second-order valence-corrected chi connectivity index (χ2v) is 8.52. The third-order valence-corrected chi connectivity index (χ3v) is 5.46. The van der Waals surface area contributed by atoms with Crippen molar-refractivity contribution in [2.45, 2.75) is 40.3 Å². The Labute approximate surface area is 170 Å². The first-order valence-electron chi connectivity index (χ1n) is 9.29. The van der Waals surface area contributed by atoms with Gasteiger partial charge in [0.2, 0.25) is 0 Å². The third-order valence-electron chi connectivity index (χ3n) is 4.50. The van der Waals surface area contributed by atoms with Crippen LogP contribution in [0.4, 0.5) is 5.13 Å². The summed E-state index contributed by atoms with van der Waals surface area (Å²) in [6, 6.07) is 9.88. The van der Waals surface area contributed by atoms with Crippen LogP contribution in [0.1, 0.15) is 34.8 Å². The molecular formula is C21H27N5OS. The van der Waals surface area contributed by atoms with Gasteiger partial charge in [0.15, 0.2) is 5.13 Å². The minimum atomic E-state index is -0.405. The van der Waals surface area contributed by atoms with E-state index in [1.807, 2.05) is 40.9 Å². The van der Waals surface area contributed by atoms with Crippen molar-refractivity contribution in [3.63, 3.8) is 0 Å². The molecule has 7 heteroatoms. The summed E-state index contributed by atoms with van der Waals surface area (Å²) >= 11 is 1.52. The van der Waals surface area contributed by atoms with Crippen LogP contribution < -0.4 is 5.32 Å². The van der Waals surface area contributed by atoms with Gasteiger partial charge < -0.3 is 10.2 Å². The van der Waals surface area contributed by atoms with Crippen molar-refractivity contribution in [2.24, 2.45) is 0 Å². The number of nitrogens with zero attached hydrogens (tertiary/aromatic N) is 4. The smallest absolute Gasteiger partial charge is 0.250 e.